The number of hydrogen-bond acceptors (Lipinski definition) is 4. The highest BCUT2D eigenvalue weighted by Gasteiger charge is 2.28. The van der Waals surface area contributed by atoms with E-state index < -0.39 is 0 Å². The Labute approximate surface area is 200 Å². The van der Waals surface area contributed by atoms with E-state index in [9.17, 15) is 4.79 Å². The summed E-state index contributed by atoms with van der Waals surface area (Å²) in [6, 6.07) is 26.0. The molecule has 6 heteroatoms. The summed E-state index contributed by atoms with van der Waals surface area (Å²) in [5.41, 5.74) is 5.42. The molecular weight excluding hydrogens is 424 g/mol. The quantitative estimate of drug-likeness (QED) is 0.436. The Hall–Kier alpha value is -4.06. The third-order valence-corrected chi connectivity index (χ3v) is 6.36. The van der Waals surface area contributed by atoms with Gasteiger partial charge in [-0.1, -0.05) is 54.6 Å². The molecule has 5 rings (SSSR count). The molecule has 1 aliphatic rings. The second-order valence-electron chi connectivity index (χ2n) is 8.44. The maximum Gasteiger partial charge on any atom is 0.257 e. The van der Waals surface area contributed by atoms with Crippen LogP contribution in [-0.4, -0.2) is 53.9 Å². The molecule has 1 aliphatic heterocycles. The molecule has 1 aromatic heterocycles. The van der Waals surface area contributed by atoms with Crippen molar-refractivity contribution in [3.63, 3.8) is 0 Å². The van der Waals surface area contributed by atoms with Crippen molar-refractivity contribution in [1.82, 2.24) is 14.7 Å². The molecule has 0 bridgehead atoms. The number of benzene rings is 3. The average molecular weight is 453 g/mol. The molecule has 34 heavy (non-hydrogen) atoms. The van der Waals surface area contributed by atoms with Crippen LogP contribution in [0.4, 0.5) is 5.69 Å². The summed E-state index contributed by atoms with van der Waals surface area (Å²) in [4.78, 5) is 18.0. The van der Waals surface area contributed by atoms with Crippen LogP contribution in [0.3, 0.4) is 0 Å². The molecule has 0 spiro atoms. The second kappa shape index (κ2) is 9.43. The van der Waals surface area contributed by atoms with Gasteiger partial charge in [-0.3, -0.25) is 4.79 Å². The first-order chi connectivity index (χ1) is 16.7. The minimum Gasteiger partial charge on any atom is -0.495 e. The number of amides is 1. The molecule has 0 radical (unpaired) electrons. The molecule has 1 saturated heterocycles. The van der Waals surface area contributed by atoms with E-state index >= 15 is 0 Å². The molecule has 0 aliphatic carbocycles. The number of methoxy groups -OCH3 is 1. The van der Waals surface area contributed by atoms with E-state index in [-0.39, 0.29) is 5.91 Å². The van der Waals surface area contributed by atoms with Gasteiger partial charge in [-0.25, -0.2) is 4.68 Å². The van der Waals surface area contributed by atoms with Crippen molar-refractivity contribution in [2.75, 3.05) is 38.2 Å². The van der Waals surface area contributed by atoms with E-state index in [0.29, 0.717) is 18.7 Å². The van der Waals surface area contributed by atoms with Crippen LogP contribution < -0.4 is 9.64 Å². The predicted octanol–water partition coefficient (Wildman–Crippen LogP) is 4.82. The van der Waals surface area contributed by atoms with Crippen LogP contribution in [0.15, 0.2) is 85.1 Å². The van der Waals surface area contributed by atoms with E-state index in [1.807, 2.05) is 77.8 Å². The zero-order chi connectivity index (χ0) is 23.5. The zero-order valence-corrected chi connectivity index (χ0v) is 19.5. The summed E-state index contributed by atoms with van der Waals surface area (Å²) in [6.45, 7) is 4.83. The van der Waals surface area contributed by atoms with E-state index in [4.69, 9.17) is 9.84 Å². The van der Waals surface area contributed by atoms with Gasteiger partial charge in [0.1, 0.15) is 11.4 Å². The number of rotatable bonds is 5. The Bertz CT molecular complexity index is 1290. The smallest absolute Gasteiger partial charge is 0.257 e. The highest BCUT2D eigenvalue weighted by molar-refractivity contribution is 6.00. The van der Waals surface area contributed by atoms with Gasteiger partial charge in [0.25, 0.3) is 5.91 Å². The maximum absolute atomic E-state index is 13.7. The van der Waals surface area contributed by atoms with Crippen molar-refractivity contribution >= 4 is 11.6 Å². The molecule has 4 aromatic rings. The van der Waals surface area contributed by atoms with Gasteiger partial charge in [0.2, 0.25) is 0 Å². The fourth-order valence-electron chi connectivity index (χ4n) is 4.49. The molecule has 0 saturated carbocycles. The Morgan fingerprint density at radius 2 is 1.53 bits per heavy atom. The van der Waals surface area contributed by atoms with Crippen LogP contribution in [0.2, 0.25) is 0 Å². The lowest BCUT2D eigenvalue weighted by atomic mass is 10.0. The van der Waals surface area contributed by atoms with E-state index in [2.05, 4.69) is 24.0 Å². The summed E-state index contributed by atoms with van der Waals surface area (Å²) < 4.78 is 7.34. The highest BCUT2D eigenvalue weighted by atomic mass is 16.5. The third kappa shape index (κ3) is 4.15. The van der Waals surface area contributed by atoms with Crippen LogP contribution in [0.5, 0.6) is 5.75 Å². The molecular formula is C28H28N4O2. The number of aryl methyl sites for hydroxylation is 1. The Morgan fingerprint density at radius 1 is 0.853 bits per heavy atom. The van der Waals surface area contributed by atoms with Gasteiger partial charge in [-0.2, -0.15) is 5.10 Å². The van der Waals surface area contributed by atoms with Crippen molar-refractivity contribution in [2.24, 2.45) is 0 Å². The zero-order valence-electron chi connectivity index (χ0n) is 19.5. The lowest BCUT2D eigenvalue weighted by molar-refractivity contribution is 0.0747. The number of piperazine rings is 1. The SMILES string of the molecule is COc1ccccc1N1CCN(C(=O)c2cn(-c3ccccc3)nc2-c2ccccc2C)CC1. The molecule has 1 fully saturated rings. The Kier molecular flexibility index (Phi) is 6.04. The lowest BCUT2D eigenvalue weighted by Crippen LogP contribution is -2.48. The fraction of sp³-hybridized carbons (Fsp3) is 0.214. The fourth-order valence-corrected chi connectivity index (χ4v) is 4.49. The van der Waals surface area contributed by atoms with Crippen LogP contribution in [0.25, 0.3) is 16.9 Å². The van der Waals surface area contributed by atoms with Crippen molar-refractivity contribution in [1.29, 1.82) is 0 Å². The molecule has 0 atom stereocenters. The normalized spacial score (nSPS) is 13.7. The Morgan fingerprint density at radius 3 is 2.26 bits per heavy atom. The summed E-state index contributed by atoms with van der Waals surface area (Å²) in [5, 5.41) is 4.85. The van der Waals surface area contributed by atoms with Gasteiger partial charge in [0.05, 0.1) is 24.0 Å². The molecule has 0 N–H and O–H groups in total. The highest BCUT2D eigenvalue weighted by Crippen LogP contribution is 2.30. The molecule has 0 unspecified atom stereocenters. The van der Waals surface area contributed by atoms with Gasteiger partial charge in [-0.05, 0) is 36.8 Å². The number of hydrogen-bond donors (Lipinski definition) is 0. The number of nitrogens with zero attached hydrogens (tertiary/aromatic N) is 4. The first-order valence-corrected chi connectivity index (χ1v) is 11.5. The number of carbonyl (C=O) groups is 1. The number of aromatic nitrogens is 2. The van der Waals surface area contributed by atoms with Crippen molar-refractivity contribution in [3.8, 4) is 22.7 Å². The van der Waals surface area contributed by atoms with Gasteiger partial charge >= 0.3 is 0 Å². The van der Waals surface area contributed by atoms with Crippen molar-refractivity contribution in [3.05, 3.63) is 96.2 Å². The van der Waals surface area contributed by atoms with Gasteiger partial charge in [0, 0.05) is 37.9 Å². The standard InChI is InChI=1S/C28H28N4O2/c1-21-10-6-7-13-23(21)27-24(20-32(29-27)22-11-4-3-5-12-22)28(33)31-18-16-30(17-19-31)25-14-8-9-15-26(25)34-2/h3-15,20H,16-19H2,1-2H3. The minimum atomic E-state index is 0.0140. The summed E-state index contributed by atoms with van der Waals surface area (Å²) >= 11 is 0. The Balaban J connectivity index is 1.43. The first-order valence-electron chi connectivity index (χ1n) is 11.5. The third-order valence-electron chi connectivity index (χ3n) is 6.36. The van der Waals surface area contributed by atoms with Crippen LogP contribution in [0, 0.1) is 6.92 Å². The lowest BCUT2D eigenvalue weighted by Gasteiger charge is -2.36. The molecule has 6 nitrogen and oxygen atoms in total. The van der Waals surface area contributed by atoms with Gasteiger partial charge in [0.15, 0.2) is 0 Å². The number of anilines is 1. The van der Waals surface area contributed by atoms with E-state index in [0.717, 1.165) is 47.0 Å². The summed E-state index contributed by atoms with van der Waals surface area (Å²) in [6.07, 6.45) is 1.87. The molecule has 172 valence electrons. The summed E-state index contributed by atoms with van der Waals surface area (Å²) in [5.74, 6) is 0.869. The van der Waals surface area contributed by atoms with E-state index in [1.54, 1.807) is 11.8 Å². The number of para-hydroxylation sites is 3. The molecule has 1 amide bonds. The monoisotopic (exact) mass is 452 g/mol. The minimum absolute atomic E-state index is 0.0140. The number of ether oxygens (including phenoxy) is 1. The second-order valence-corrected chi connectivity index (χ2v) is 8.44. The maximum atomic E-state index is 13.7. The predicted molar refractivity (Wildman–Crippen MR) is 135 cm³/mol. The largest absolute Gasteiger partial charge is 0.495 e. The molecule has 3 aromatic carbocycles. The van der Waals surface area contributed by atoms with Crippen LogP contribution >= 0.6 is 0 Å². The first kappa shape index (κ1) is 21.8. The van der Waals surface area contributed by atoms with Crippen molar-refractivity contribution in [2.45, 2.75) is 6.92 Å². The van der Waals surface area contributed by atoms with Crippen molar-refractivity contribution < 1.29 is 9.53 Å². The van der Waals surface area contributed by atoms with Gasteiger partial charge in [-0.15, -0.1) is 0 Å². The number of carbonyl (C=O) groups excluding carboxylic acids is 1. The topological polar surface area (TPSA) is 50.6 Å². The van der Waals surface area contributed by atoms with E-state index in [1.165, 1.54) is 0 Å². The average Bonchev–Trinajstić information content (AvgIpc) is 3.34. The molecule has 2 heterocycles. The van der Waals surface area contributed by atoms with Gasteiger partial charge < -0.3 is 14.5 Å². The summed E-state index contributed by atoms with van der Waals surface area (Å²) in [7, 11) is 1.69. The van der Waals surface area contributed by atoms with Crippen LogP contribution in [-0.2, 0) is 0 Å². The van der Waals surface area contributed by atoms with Crippen LogP contribution in [0.1, 0.15) is 15.9 Å².